The Morgan fingerprint density at radius 3 is 2.32 bits per heavy atom. The quantitative estimate of drug-likeness (QED) is 0.672. The third-order valence-electron chi connectivity index (χ3n) is 3.43. The second-order valence-electron chi connectivity index (χ2n) is 6.18. The van der Waals surface area contributed by atoms with Crippen LogP contribution in [-0.2, 0) is 7.05 Å². The molecule has 98 valence electrons. The zero-order chi connectivity index (χ0) is 13.6. The molecular weight excluding hydrogens is 232 g/mol. The summed E-state index contributed by atoms with van der Waals surface area (Å²) >= 11 is 0. The molecule has 0 spiro atoms. The molecule has 0 amide bonds. The number of anilines is 1. The molecule has 19 heavy (non-hydrogen) atoms. The zero-order valence-corrected chi connectivity index (χ0v) is 12.0. The van der Waals surface area contributed by atoms with E-state index in [4.69, 9.17) is 0 Å². The van der Waals surface area contributed by atoms with Crippen molar-refractivity contribution in [2.45, 2.75) is 26.3 Å². The summed E-state index contributed by atoms with van der Waals surface area (Å²) in [6.07, 6.45) is 0. The van der Waals surface area contributed by atoms with Gasteiger partial charge in [0.25, 0.3) is 0 Å². The van der Waals surface area contributed by atoms with Crippen LogP contribution in [0.1, 0.15) is 20.8 Å². The molecule has 0 aliphatic carbocycles. The number of hydrogen-bond donors (Lipinski definition) is 1. The maximum atomic E-state index is 3.54. The van der Waals surface area contributed by atoms with Gasteiger partial charge in [0.2, 0.25) is 0 Å². The lowest BCUT2D eigenvalue weighted by molar-refractivity contribution is 0.634. The molecule has 3 rings (SSSR count). The largest absolute Gasteiger partial charge is 0.380 e. The summed E-state index contributed by atoms with van der Waals surface area (Å²) < 4.78 is 2.26. The smallest absolute Gasteiger partial charge is 0.0490 e. The van der Waals surface area contributed by atoms with Gasteiger partial charge in [-0.1, -0.05) is 18.2 Å². The maximum Gasteiger partial charge on any atom is 0.0490 e. The summed E-state index contributed by atoms with van der Waals surface area (Å²) in [4.78, 5) is 0. The molecule has 0 atom stereocenters. The maximum absolute atomic E-state index is 3.54. The van der Waals surface area contributed by atoms with Crippen LogP contribution in [0.3, 0.4) is 0 Å². The van der Waals surface area contributed by atoms with E-state index < -0.39 is 0 Å². The van der Waals surface area contributed by atoms with Gasteiger partial charge in [-0.25, -0.2) is 0 Å². The molecular formula is C17H20N2. The third kappa shape index (κ3) is 2.07. The summed E-state index contributed by atoms with van der Waals surface area (Å²) in [6.45, 7) is 6.54. The van der Waals surface area contributed by atoms with Crippen molar-refractivity contribution >= 4 is 27.5 Å². The van der Waals surface area contributed by atoms with E-state index in [1.165, 1.54) is 27.5 Å². The molecule has 1 N–H and O–H groups in total. The summed E-state index contributed by atoms with van der Waals surface area (Å²) in [7, 11) is 2.13. The molecule has 0 bridgehead atoms. The van der Waals surface area contributed by atoms with Crippen LogP contribution >= 0.6 is 0 Å². The van der Waals surface area contributed by atoms with Crippen LogP contribution in [0.4, 0.5) is 5.69 Å². The fourth-order valence-corrected chi connectivity index (χ4v) is 2.68. The van der Waals surface area contributed by atoms with Crippen LogP contribution in [0.25, 0.3) is 21.8 Å². The number of fused-ring (bicyclic) bond motifs is 3. The van der Waals surface area contributed by atoms with Gasteiger partial charge in [-0.15, -0.1) is 0 Å². The van der Waals surface area contributed by atoms with Gasteiger partial charge in [0.1, 0.15) is 0 Å². The fraction of sp³-hybridized carbons (Fsp3) is 0.294. The predicted octanol–water partition coefficient (Wildman–Crippen LogP) is 4.54. The van der Waals surface area contributed by atoms with Gasteiger partial charge in [-0.2, -0.15) is 0 Å². The van der Waals surface area contributed by atoms with E-state index in [0.29, 0.717) is 0 Å². The molecule has 1 aromatic heterocycles. The van der Waals surface area contributed by atoms with Crippen LogP contribution in [0, 0.1) is 0 Å². The van der Waals surface area contributed by atoms with E-state index in [1.807, 2.05) is 0 Å². The highest BCUT2D eigenvalue weighted by molar-refractivity contribution is 6.08. The zero-order valence-electron chi connectivity index (χ0n) is 12.0. The number of benzene rings is 2. The van der Waals surface area contributed by atoms with Crippen molar-refractivity contribution in [3.8, 4) is 0 Å². The Bertz CT molecular complexity index is 745. The lowest BCUT2D eigenvalue weighted by Crippen LogP contribution is -2.25. The molecule has 0 unspecified atom stereocenters. The number of para-hydroxylation sites is 1. The summed E-state index contributed by atoms with van der Waals surface area (Å²) in [5.41, 5.74) is 3.82. The first kappa shape index (κ1) is 12.1. The van der Waals surface area contributed by atoms with Gasteiger partial charge in [0, 0.05) is 40.1 Å². The van der Waals surface area contributed by atoms with Crippen molar-refractivity contribution in [1.82, 2.24) is 4.57 Å². The Morgan fingerprint density at radius 2 is 1.58 bits per heavy atom. The standard InChI is InChI=1S/C17H20N2/c1-17(2,3)18-12-9-10-16-14(11-12)13-7-5-6-8-15(13)19(16)4/h5-11,18H,1-4H3. The third-order valence-corrected chi connectivity index (χ3v) is 3.43. The Labute approximate surface area is 114 Å². The molecule has 2 heteroatoms. The number of hydrogen-bond acceptors (Lipinski definition) is 1. The first-order chi connectivity index (χ1) is 8.96. The van der Waals surface area contributed by atoms with Crippen LogP contribution < -0.4 is 5.32 Å². The van der Waals surface area contributed by atoms with E-state index in [9.17, 15) is 0 Å². The second kappa shape index (κ2) is 4.02. The summed E-state index contributed by atoms with van der Waals surface area (Å²) in [5.74, 6) is 0. The van der Waals surface area contributed by atoms with Crippen LogP contribution in [0.2, 0.25) is 0 Å². The number of nitrogens with one attached hydrogen (secondary N) is 1. The average molecular weight is 252 g/mol. The molecule has 0 saturated heterocycles. The van der Waals surface area contributed by atoms with Gasteiger partial charge in [-0.05, 0) is 45.0 Å². The van der Waals surface area contributed by atoms with Gasteiger partial charge in [0.05, 0.1) is 0 Å². The number of rotatable bonds is 1. The van der Waals surface area contributed by atoms with E-state index in [-0.39, 0.29) is 5.54 Å². The van der Waals surface area contributed by atoms with E-state index in [0.717, 1.165) is 0 Å². The minimum Gasteiger partial charge on any atom is -0.380 e. The SMILES string of the molecule is Cn1c2ccccc2c2cc(NC(C)(C)C)ccc21. The molecule has 0 aliphatic rings. The minimum atomic E-state index is 0.0816. The molecule has 2 aromatic carbocycles. The van der Waals surface area contributed by atoms with Gasteiger partial charge < -0.3 is 9.88 Å². The normalized spacial score (nSPS) is 12.2. The van der Waals surface area contributed by atoms with E-state index >= 15 is 0 Å². The number of aryl methyl sites for hydroxylation is 1. The molecule has 0 fully saturated rings. The lowest BCUT2D eigenvalue weighted by Gasteiger charge is -2.22. The van der Waals surface area contributed by atoms with Crippen molar-refractivity contribution in [1.29, 1.82) is 0 Å². The van der Waals surface area contributed by atoms with Gasteiger partial charge >= 0.3 is 0 Å². The first-order valence-corrected chi connectivity index (χ1v) is 6.71. The number of aromatic nitrogens is 1. The topological polar surface area (TPSA) is 17.0 Å². The van der Waals surface area contributed by atoms with Crippen molar-refractivity contribution in [2.75, 3.05) is 5.32 Å². The molecule has 0 saturated carbocycles. The minimum absolute atomic E-state index is 0.0816. The molecule has 2 nitrogen and oxygen atoms in total. The summed E-state index contributed by atoms with van der Waals surface area (Å²) in [6, 6.07) is 15.2. The fourth-order valence-electron chi connectivity index (χ4n) is 2.68. The highest BCUT2D eigenvalue weighted by Crippen LogP contribution is 2.30. The molecule has 0 radical (unpaired) electrons. The van der Waals surface area contributed by atoms with E-state index in [2.05, 4.69) is 80.2 Å². The predicted molar refractivity (Wildman–Crippen MR) is 83.8 cm³/mol. The first-order valence-electron chi connectivity index (χ1n) is 6.71. The van der Waals surface area contributed by atoms with Crippen molar-refractivity contribution in [2.24, 2.45) is 7.05 Å². The highest BCUT2D eigenvalue weighted by Gasteiger charge is 2.12. The monoisotopic (exact) mass is 252 g/mol. The second-order valence-corrected chi connectivity index (χ2v) is 6.18. The van der Waals surface area contributed by atoms with Gasteiger partial charge in [0.15, 0.2) is 0 Å². The highest BCUT2D eigenvalue weighted by atomic mass is 15.0. The van der Waals surface area contributed by atoms with Crippen molar-refractivity contribution in [3.63, 3.8) is 0 Å². The molecule has 0 aliphatic heterocycles. The number of nitrogens with zero attached hydrogens (tertiary/aromatic N) is 1. The Hall–Kier alpha value is -1.96. The van der Waals surface area contributed by atoms with Crippen LogP contribution in [0.15, 0.2) is 42.5 Å². The van der Waals surface area contributed by atoms with Crippen molar-refractivity contribution < 1.29 is 0 Å². The molecule has 1 heterocycles. The Balaban J connectivity index is 2.25. The van der Waals surface area contributed by atoms with Gasteiger partial charge in [-0.3, -0.25) is 0 Å². The Morgan fingerprint density at radius 1 is 0.895 bits per heavy atom. The molecule has 3 aromatic rings. The van der Waals surface area contributed by atoms with Crippen LogP contribution in [-0.4, -0.2) is 10.1 Å². The summed E-state index contributed by atoms with van der Waals surface area (Å²) in [5, 5.41) is 6.17. The van der Waals surface area contributed by atoms with Crippen molar-refractivity contribution in [3.05, 3.63) is 42.5 Å². The van der Waals surface area contributed by atoms with E-state index in [1.54, 1.807) is 0 Å². The average Bonchev–Trinajstić information content (AvgIpc) is 2.62. The van der Waals surface area contributed by atoms with Crippen LogP contribution in [0.5, 0.6) is 0 Å². The Kier molecular flexibility index (Phi) is 2.56. The lowest BCUT2D eigenvalue weighted by atomic mass is 10.1.